The van der Waals surface area contributed by atoms with Crippen LogP contribution >= 0.6 is 23.2 Å². The van der Waals surface area contributed by atoms with E-state index in [0.717, 1.165) is 16.8 Å². The summed E-state index contributed by atoms with van der Waals surface area (Å²) in [6.45, 7) is 1.92. The zero-order valence-corrected chi connectivity index (χ0v) is 9.81. The highest BCUT2D eigenvalue weighted by Gasteiger charge is 2.20. The van der Waals surface area contributed by atoms with Crippen LogP contribution in [0.1, 0.15) is 12.5 Å². The summed E-state index contributed by atoms with van der Waals surface area (Å²) in [6, 6.07) is 5.59. The number of halogens is 2. The Kier molecular flexibility index (Phi) is 2.91. The number of hydrogen-bond acceptors (Lipinski definition) is 2. The van der Waals surface area contributed by atoms with Crippen LogP contribution in [0.5, 0.6) is 0 Å². The van der Waals surface area contributed by atoms with Gasteiger partial charge in [-0.1, -0.05) is 23.2 Å². The fraction of sp³-hybridized carbons (Fsp3) is 0.273. The van der Waals surface area contributed by atoms with Crippen molar-refractivity contribution in [3.05, 3.63) is 34.4 Å². The predicted octanol–water partition coefficient (Wildman–Crippen LogP) is 3.06. The molecule has 0 saturated heterocycles. The third-order valence-corrected chi connectivity index (χ3v) is 3.03. The molecule has 1 unspecified atom stereocenters. The first kappa shape index (κ1) is 10.8. The summed E-state index contributed by atoms with van der Waals surface area (Å²) in [5, 5.41) is 3.89. The van der Waals surface area contributed by atoms with Crippen molar-refractivity contribution in [3.8, 4) is 0 Å². The number of nitrogens with two attached hydrogens (primary N) is 1. The van der Waals surface area contributed by atoms with Gasteiger partial charge in [-0.05, 0) is 42.3 Å². The molecule has 0 aliphatic carbocycles. The van der Waals surface area contributed by atoms with E-state index < -0.39 is 0 Å². The first-order valence-corrected chi connectivity index (χ1v) is 5.56. The Labute approximate surface area is 99.1 Å². The summed E-state index contributed by atoms with van der Waals surface area (Å²) in [6.07, 6.45) is 2.00. The van der Waals surface area contributed by atoms with Gasteiger partial charge in [0.25, 0.3) is 0 Å². The van der Waals surface area contributed by atoms with E-state index in [2.05, 4.69) is 5.32 Å². The molecule has 0 bridgehead atoms. The van der Waals surface area contributed by atoms with Gasteiger partial charge in [0.15, 0.2) is 0 Å². The zero-order chi connectivity index (χ0) is 11.0. The standard InChI is InChI=1S/C11H12Cl2N2/c1-6(14)9-5-7-4-8(12)2-3-10(7)15-11(9)13/h2-6,11,15H,14H2,1H3/t6-,11?/m0/s1. The van der Waals surface area contributed by atoms with Crippen LogP contribution in [-0.4, -0.2) is 11.5 Å². The van der Waals surface area contributed by atoms with E-state index in [1.807, 2.05) is 31.2 Å². The zero-order valence-electron chi connectivity index (χ0n) is 8.30. The number of hydrogen-bond donors (Lipinski definition) is 2. The lowest BCUT2D eigenvalue weighted by Crippen LogP contribution is -2.30. The lowest BCUT2D eigenvalue weighted by atomic mass is 10.0. The van der Waals surface area contributed by atoms with Crippen molar-refractivity contribution in [1.29, 1.82) is 0 Å². The van der Waals surface area contributed by atoms with Crippen LogP contribution in [0.4, 0.5) is 5.69 Å². The molecule has 80 valence electrons. The van der Waals surface area contributed by atoms with Gasteiger partial charge in [0.05, 0.1) is 0 Å². The maximum atomic E-state index is 6.15. The minimum Gasteiger partial charge on any atom is -0.365 e. The molecule has 3 N–H and O–H groups in total. The highest BCUT2D eigenvalue weighted by atomic mass is 35.5. The van der Waals surface area contributed by atoms with E-state index in [-0.39, 0.29) is 11.5 Å². The van der Waals surface area contributed by atoms with Gasteiger partial charge in [0.1, 0.15) is 5.50 Å². The third-order valence-electron chi connectivity index (χ3n) is 2.44. The number of nitrogens with one attached hydrogen (secondary N) is 1. The third kappa shape index (κ3) is 2.12. The van der Waals surface area contributed by atoms with E-state index in [0.29, 0.717) is 5.02 Å². The lowest BCUT2D eigenvalue weighted by molar-refractivity contribution is 0.825. The van der Waals surface area contributed by atoms with Crippen molar-refractivity contribution < 1.29 is 0 Å². The van der Waals surface area contributed by atoms with Crippen molar-refractivity contribution in [2.24, 2.45) is 5.73 Å². The molecule has 0 aromatic heterocycles. The highest BCUT2D eigenvalue weighted by molar-refractivity contribution is 6.31. The molecule has 1 heterocycles. The lowest BCUT2D eigenvalue weighted by Gasteiger charge is -2.26. The molecule has 0 amide bonds. The van der Waals surface area contributed by atoms with Crippen molar-refractivity contribution in [3.63, 3.8) is 0 Å². The van der Waals surface area contributed by atoms with Crippen LogP contribution in [0.15, 0.2) is 23.8 Å². The molecule has 0 radical (unpaired) electrons. The highest BCUT2D eigenvalue weighted by Crippen LogP contribution is 2.31. The van der Waals surface area contributed by atoms with Gasteiger partial charge >= 0.3 is 0 Å². The molecule has 2 nitrogen and oxygen atoms in total. The van der Waals surface area contributed by atoms with Gasteiger partial charge in [0.2, 0.25) is 0 Å². The fourth-order valence-electron chi connectivity index (χ4n) is 1.62. The normalized spacial score (nSPS) is 21.3. The van der Waals surface area contributed by atoms with Crippen LogP contribution in [0, 0.1) is 0 Å². The Hall–Kier alpha value is -0.700. The van der Waals surface area contributed by atoms with E-state index >= 15 is 0 Å². The molecule has 15 heavy (non-hydrogen) atoms. The summed E-state index contributed by atoms with van der Waals surface area (Å²) in [5.74, 6) is 0. The molecule has 0 saturated carbocycles. The molecule has 0 spiro atoms. The molecular formula is C11H12Cl2N2. The molecule has 0 fully saturated rings. The summed E-state index contributed by atoms with van der Waals surface area (Å²) >= 11 is 12.1. The number of anilines is 1. The molecule has 2 atom stereocenters. The Morgan fingerprint density at radius 2 is 2.20 bits per heavy atom. The van der Waals surface area contributed by atoms with Crippen molar-refractivity contribution in [2.75, 3.05) is 5.32 Å². The van der Waals surface area contributed by atoms with E-state index in [1.54, 1.807) is 0 Å². The summed E-state index contributed by atoms with van der Waals surface area (Å²) in [4.78, 5) is 0. The molecule has 4 heteroatoms. The average Bonchev–Trinajstić information content (AvgIpc) is 2.17. The number of fused-ring (bicyclic) bond motifs is 1. The summed E-state index contributed by atoms with van der Waals surface area (Å²) in [5.41, 5.74) is 8.59. The van der Waals surface area contributed by atoms with Gasteiger partial charge in [-0.15, -0.1) is 0 Å². The first-order valence-electron chi connectivity index (χ1n) is 4.75. The van der Waals surface area contributed by atoms with Gasteiger partial charge in [-0.25, -0.2) is 0 Å². The second-order valence-corrected chi connectivity index (χ2v) is 4.54. The minimum atomic E-state index is -0.237. The molecule has 1 aliphatic heterocycles. The van der Waals surface area contributed by atoms with E-state index in [9.17, 15) is 0 Å². The quantitative estimate of drug-likeness (QED) is 0.587. The molecule has 1 aromatic rings. The van der Waals surface area contributed by atoms with E-state index in [1.165, 1.54) is 0 Å². The maximum Gasteiger partial charge on any atom is 0.125 e. The van der Waals surface area contributed by atoms with Crippen molar-refractivity contribution in [1.82, 2.24) is 0 Å². The van der Waals surface area contributed by atoms with Gasteiger partial charge < -0.3 is 11.1 Å². The van der Waals surface area contributed by atoms with E-state index in [4.69, 9.17) is 28.9 Å². The van der Waals surface area contributed by atoms with Gasteiger partial charge in [0, 0.05) is 16.8 Å². The molecular weight excluding hydrogens is 231 g/mol. The topological polar surface area (TPSA) is 38.0 Å². The smallest absolute Gasteiger partial charge is 0.125 e. The second-order valence-electron chi connectivity index (χ2n) is 3.67. The SMILES string of the molecule is C[C@H](N)C1=Cc2cc(Cl)ccc2NC1Cl. The Morgan fingerprint density at radius 1 is 1.47 bits per heavy atom. The largest absolute Gasteiger partial charge is 0.365 e. The fourth-order valence-corrected chi connectivity index (χ4v) is 2.18. The van der Waals surface area contributed by atoms with Crippen LogP contribution < -0.4 is 11.1 Å². The molecule has 2 rings (SSSR count). The monoisotopic (exact) mass is 242 g/mol. The summed E-state index contributed by atoms with van der Waals surface area (Å²) < 4.78 is 0. The number of rotatable bonds is 1. The Bertz CT molecular complexity index is 413. The van der Waals surface area contributed by atoms with Crippen LogP contribution in [0.2, 0.25) is 5.02 Å². The Balaban J connectivity index is 2.47. The number of benzene rings is 1. The average molecular weight is 243 g/mol. The molecule has 1 aromatic carbocycles. The first-order chi connectivity index (χ1) is 7.08. The number of alkyl halides is 1. The van der Waals surface area contributed by atoms with Gasteiger partial charge in [-0.3, -0.25) is 0 Å². The second kappa shape index (κ2) is 4.05. The van der Waals surface area contributed by atoms with Gasteiger partial charge in [-0.2, -0.15) is 0 Å². The maximum absolute atomic E-state index is 6.15. The van der Waals surface area contributed by atoms with Crippen LogP contribution in [0.3, 0.4) is 0 Å². The molecule has 1 aliphatic rings. The van der Waals surface area contributed by atoms with Crippen molar-refractivity contribution in [2.45, 2.75) is 18.5 Å². The van der Waals surface area contributed by atoms with Crippen molar-refractivity contribution >= 4 is 35.0 Å². The van der Waals surface area contributed by atoms with Crippen LogP contribution in [0.25, 0.3) is 6.08 Å². The summed E-state index contributed by atoms with van der Waals surface area (Å²) in [7, 11) is 0. The Morgan fingerprint density at radius 3 is 2.87 bits per heavy atom. The minimum absolute atomic E-state index is 0.0628. The predicted molar refractivity (Wildman–Crippen MR) is 66.3 cm³/mol. The van der Waals surface area contributed by atoms with Crippen LogP contribution in [-0.2, 0) is 0 Å².